The van der Waals surface area contributed by atoms with E-state index in [-0.39, 0.29) is 11.6 Å². The summed E-state index contributed by atoms with van der Waals surface area (Å²) in [7, 11) is 0. The van der Waals surface area contributed by atoms with Gasteiger partial charge in [-0.2, -0.15) is 13.2 Å². The van der Waals surface area contributed by atoms with Gasteiger partial charge in [0.2, 0.25) is 0 Å². The maximum absolute atomic E-state index is 13.4. The molecule has 4 rings (SSSR count). The average molecular weight is 427 g/mol. The number of fused-ring (bicyclic) bond motifs is 1. The van der Waals surface area contributed by atoms with Crippen LogP contribution in [0.4, 0.5) is 24.7 Å². The molecule has 2 aromatic carbocycles. The lowest BCUT2D eigenvalue weighted by molar-refractivity contribution is -0.137. The minimum absolute atomic E-state index is 0.0795. The normalized spacial score (nSPS) is 19.5. The van der Waals surface area contributed by atoms with Crippen LogP contribution in [0.5, 0.6) is 0 Å². The Hall–Kier alpha value is -3.09. The maximum Gasteiger partial charge on any atom is 0.416 e. The molecule has 7 heteroatoms. The Bertz CT molecular complexity index is 1100. The van der Waals surface area contributed by atoms with Gasteiger partial charge < -0.3 is 10.2 Å². The molecule has 4 nitrogen and oxygen atoms in total. The number of hydrogen-bond acceptors (Lipinski definition) is 3. The van der Waals surface area contributed by atoms with E-state index < -0.39 is 11.7 Å². The minimum Gasteiger partial charge on any atom is -0.340 e. The van der Waals surface area contributed by atoms with Gasteiger partial charge in [0.15, 0.2) is 0 Å². The molecule has 2 heterocycles. The van der Waals surface area contributed by atoms with Gasteiger partial charge in [-0.25, -0.2) is 4.98 Å². The van der Waals surface area contributed by atoms with E-state index in [4.69, 9.17) is 0 Å². The molecule has 3 aromatic rings. The summed E-state index contributed by atoms with van der Waals surface area (Å²) in [5.41, 5.74) is 0.629. The Labute approximate surface area is 179 Å². The molecular formula is C24H24F3N3O. The molecule has 2 atom stereocenters. The summed E-state index contributed by atoms with van der Waals surface area (Å²) in [6, 6.07) is 13.9. The van der Waals surface area contributed by atoms with E-state index in [2.05, 4.69) is 24.1 Å². The molecule has 1 aromatic heterocycles. The van der Waals surface area contributed by atoms with E-state index in [0.29, 0.717) is 41.8 Å². The fraction of sp³-hybridized carbons (Fsp3) is 0.333. The van der Waals surface area contributed by atoms with Crippen molar-refractivity contribution in [1.29, 1.82) is 0 Å². The number of anilines is 2. The number of amides is 1. The zero-order chi connectivity index (χ0) is 22.2. The maximum atomic E-state index is 13.4. The van der Waals surface area contributed by atoms with E-state index in [0.717, 1.165) is 23.9 Å². The molecular weight excluding hydrogens is 403 g/mol. The van der Waals surface area contributed by atoms with Crippen molar-refractivity contribution >= 4 is 28.3 Å². The number of carbonyl (C=O) groups excluding carboxylic acids is 1. The molecule has 0 radical (unpaired) electrons. The van der Waals surface area contributed by atoms with Crippen LogP contribution in [0.1, 0.15) is 36.2 Å². The van der Waals surface area contributed by atoms with Crippen molar-refractivity contribution in [3.63, 3.8) is 0 Å². The van der Waals surface area contributed by atoms with Crippen LogP contribution in [-0.2, 0) is 6.18 Å². The Morgan fingerprint density at radius 1 is 1.03 bits per heavy atom. The second kappa shape index (κ2) is 8.21. The lowest BCUT2D eigenvalue weighted by atomic mass is 9.91. The van der Waals surface area contributed by atoms with Gasteiger partial charge in [0, 0.05) is 24.2 Å². The Balaban J connectivity index is 1.71. The van der Waals surface area contributed by atoms with E-state index in [9.17, 15) is 18.0 Å². The molecule has 0 bridgehead atoms. The first-order valence-corrected chi connectivity index (χ1v) is 10.3. The standard InChI is InChI=1S/C24H24F3N3O/c1-15-10-16(2)14-30(13-15)23(31)20-12-22(29-21-9-4-3-8-19(20)21)28-18-7-5-6-17(11-18)24(25,26)27/h3-9,11-12,15-16H,10,13-14H2,1-2H3,(H,28,29)/t15-,16+. The van der Waals surface area contributed by atoms with Crippen LogP contribution in [-0.4, -0.2) is 28.9 Å². The third-order valence-electron chi connectivity index (χ3n) is 5.56. The number of nitrogens with zero attached hydrogens (tertiary/aromatic N) is 2. The predicted octanol–water partition coefficient (Wildman–Crippen LogP) is 6.12. The number of para-hydroxylation sites is 1. The van der Waals surface area contributed by atoms with Gasteiger partial charge in [-0.1, -0.05) is 38.1 Å². The van der Waals surface area contributed by atoms with Crippen LogP contribution in [0, 0.1) is 11.8 Å². The van der Waals surface area contributed by atoms with Gasteiger partial charge in [-0.15, -0.1) is 0 Å². The number of carbonyl (C=O) groups is 1. The molecule has 1 amide bonds. The number of nitrogens with one attached hydrogen (secondary N) is 1. The number of hydrogen-bond donors (Lipinski definition) is 1. The average Bonchev–Trinajstić information content (AvgIpc) is 2.71. The van der Waals surface area contributed by atoms with Crippen molar-refractivity contribution in [3.05, 3.63) is 65.7 Å². The number of rotatable bonds is 3. The summed E-state index contributed by atoms with van der Waals surface area (Å²) in [5.74, 6) is 1.09. The molecule has 31 heavy (non-hydrogen) atoms. The highest BCUT2D eigenvalue weighted by atomic mass is 19.4. The first-order valence-electron chi connectivity index (χ1n) is 10.3. The summed E-state index contributed by atoms with van der Waals surface area (Å²) in [5, 5.41) is 3.67. The summed E-state index contributed by atoms with van der Waals surface area (Å²) in [6.07, 6.45) is -3.35. The van der Waals surface area contributed by atoms with Crippen molar-refractivity contribution in [2.24, 2.45) is 11.8 Å². The van der Waals surface area contributed by atoms with Crippen LogP contribution in [0.2, 0.25) is 0 Å². The summed E-state index contributed by atoms with van der Waals surface area (Å²) < 4.78 is 39.2. The fourth-order valence-corrected chi connectivity index (χ4v) is 4.34. The summed E-state index contributed by atoms with van der Waals surface area (Å²) in [6.45, 7) is 5.66. The zero-order valence-corrected chi connectivity index (χ0v) is 17.4. The molecule has 162 valence electrons. The zero-order valence-electron chi connectivity index (χ0n) is 17.4. The van der Waals surface area contributed by atoms with E-state index in [1.165, 1.54) is 6.07 Å². The van der Waals surface area contributed by atoms with Crippen molar-refractivity contribution in [2.75, 3.05) is 18.4 Å². The molecule has 1 fully saturated rings. The quantitative estimate of drug-likeness (QED) is 0.548. The summed E-state index contributed by atoms with van der Waals surface area (Å²) in [4.78, 5) is 19.8. The largest absolute Gasteiger partial charge is 0.416 e. The lowest BCUT2D eigenvalue weighted by Crippen LogP contribution is -2.42. The number of likely N-dealkylation sites (tertiary alicyclic amines) is 1. The highest BCUT2D eigenvalue weighted by Crippen LogP contribution is 2.32. The van der Waals surface area contributed by atoms with Gasteiger partial charge in [-0.3, -0.25) is 4.79 Å². The molecule has 1 N–H and O–H groups in total. The van der Waals surface area contributed by atoms with Crippen LogP contribution in [0.3, 0.4) is 0 Å². The Kier molecular flexibility index (Phi) is 5.60. The number of benzene rings is 2. The number of halogens is 3. The molecule has 1 aliphatic rings. The number of alkyl halides is 3. The van der Waals surface area contributed by atoms with Crippen molar-refractivity contribution < 1.29 is 18.0 Å². The van der Waals surface area contributed by atoms with Crippen LogP contribution < -0.4 is 5.32 Å². The van der Waals surface area contributed by atoms with Crippen molar-refractivity contribution in [3.8, 4) is 0 Å². The van der Waals surface area contributed by atoms with Gasteiger partial charge in [0.25, 0.3) is 5.91 Å². The van der Waals surface area contributed by atoms with Crippen molar-refractivity contribution in [1.82, 2.24) is 9.88 Å². The smallest absolute Gasteiger partial charge is 0.340 e. The highest BCUT2D eigenvalue weighted by molar-refractivity contribution is 6.07. The minimum atomic E-state index is -4.43. The van der Waals surface area contributed by atoms with E-state index in [1.807, 2.05) is 23.1 Å². The molecule has 0 spiro atoms. The molecule has 1 aliphatic heterocycles. The topological polar surface area (TPSA) is 45.2 Å². The van der Waals surface area contributed by atoms with E-state index >= 15 is 0 Å². The van der Waals surface area contributed by atoms with Gasteiger partial charge in [-0.05, 0) is 48.6 Å². The Morgan fingerprint density at radius 2 is 1.74 bits per heavy atom. The highest BCUT2D eigenvalue weighted by Gasteiger charge is 2.30. The van der Waals surface area contributed by atoms with Crippen LogP contribution in [0.25, 0.3) is 10.9 Å². The number of aromatic nitrogens is 1. The molecule has 0 unspecified atom stereocenters. The predicted molar refractivity (Wildman–Crippen MR) is 115 cm³/mol. The first-order chi connectivity index (χ1) is 14.7. The monoisotopic (exact) mass is 427 g/mol. The van der Waals surface area contributed by atoms with E-state index in [1.54, 1.807) is 18.2 Å². The fourth-order valence-electron chi connectivity index (χ4n) is 4.34. The summed E-state index contributed by atoms with van der Waals surface area (Å²) >= 11 is 0. The lowest BCUT2D eigenvalue weighted by Gasteiger charge is -2.35. The number of piperidine rings is 1. The third-order valence-corrected chi connectivity index (χ3v) is 5.56. The van der Waals surface area contributed by atoms with Crippen LogP contribution in [0.15, 0.2) is 54.6 Å². The second-order valence-electron chi connectivity index (χ2n) is 8.43. The first kappa shape index (κ1) is 21.2. The van der Waals surface area contributed by atoms with Crippen LogP contribution >= 0.6 is 0 Å². The van der Waals surface area contributed by atoms with Gasteiger partial charge in [0.05, 0.1) is 16.6 Å². The second-order valence-corrected chi connectivity index (χ2v) is 8.43. The SMILES string of the molecule is C[C@@H]1C[C@H](C)CN(C(=O)c2cc(Nc3cccc(C(F)(F)F)c3)nc3ccccc23)C1. The molecule has 1 saturated heterocycles. The van der Waals surface area contributed by atoms with Gasteiger partial charge in [0.1, 0.15) is 5.82 Å². The molecule has 0 saturated carbocycles. The van der Waals surface area contributed by atoms with Crippen molar-refractivity contribution in [2.45, 2.75) is 26.4 Å². The van der Waals surface area contributed by atoms with Gasteiger partial charge >= 0.3 is 6.18 Å². The number of pyridine rings is 1. The third kappa shape index (κ3) is 4.65. The molecule has 0 aliphatic carbocycles. The Morgan fingerprint density at radius 3 is 2.45 bits per heavy atom.